The van der Waals surface area contributed by atoms with E-state index in [0.717, 1.165) is 4.47 Å². The van der Waals surface area contributed by atoms with E-state index in [4.69, 9.17) is 10.5 Å². The first-order valence-electron chi connectivity index (χ1n) is 4.49. The zero-order chi connectivity index (χ0) is 11.5. The number of nitrogens with two attached hydrogens (primary N) is 1. The maximum Gasteiger partial charge on any atom is 0.170 e. The van der Waals surface area contributed by atoms with E-state index < -0.39 is 0 Å². The van der Waals surface area contributed by atoms with Crippen molar-refractivity contribution in [1.82, 2.24) is 4.98 Å². The topological polar surface area (TPSA) is 48.1 Å². The van der Waals surface area contributed by atoms with Crippen molar-refractivity contribution in [2.24, 2.45) is 0 Å². The Morgan fingerprint density at radius 1 is 1.25 bits per heavy atom. The van der Waals surface area contributed by atoms with Gasteiger partial charge in [0.25, 0.3) is 0 Å². The van der Waals surface area contributed by atoms with Crippen LogP contribution in [0.25, 0.3) is 0 Å². The van der Waals surface area contributed by atoms with Gasteiger partial charge in [-0.1, -0.05) is 0 Å². The largest absolute Gasteiger partial charge is 0.453 e. The fourth-order valence-corrected chi connectivity index (χ4v) is 1.45. The SMILES string of the molecule is Nc1ncc(Br)cc1Oc1ccc(F)cc1. The van der Waals surface area contributed by atoms with Crippen molar-refractivity contribution in [3.63, 3.8) is 0 Å². The maximum absolute atomic E-state index is 12.7. The molecule has 1 heterocycles. The summed E-state index contributed by atoms with van der Waals surface area (Å²) in [6.07, 6.45) is 1.58. The Labute approximate surface area is 100 Å². The summed E-state index contributed by atoms with van der Waals surface area (Å²) in [6.45, 7) is 0. The molecule has 0 aliphatic heterocycles. The van der Waals surface area contributed by atoms with Crippen LogP contribution in [0.1, 0.15) is 0 Å². The average Bonchev–Trinajstić information content (AvgIpc) is 2.27. The molecular formula is C11H8BrFN2O. The molecule has 1 aromatic carbocycles. The first-order chi connectivity index (χ1) is 7.65. The molecule has 0 aliphatic rings. The van der Waals surface area contributed by atoms with E-state index in [1.807, 2.05) is 0 Å². The minimum Gasteiger partial charge on any atom is -0.453 e. The molecule has 0 radical (unpaired) electrons. The predicted molar refractivity (Wildman–Crippen MR) is 62.8 cm³/mol. The number of aromatic nitrogens is 1. The average molecular weight is 283 g/mol. The van der Waals surface area contributed by atoms with Crippen LogP contribution in [0.15, 0.2) is 41.0 Å². The van der Waals surface area contributed by atoms with Crippen LogP contribution in [0.2, 0.25) is 0 Å². The molecule has 0 bridgehead atoms. The summed E-state index contributed by atoms with van der Waals surface area (Å²) in [5.74, 6) is 0.911. The van der Waals surface area contributed by atoms with Crippen molar-refractivity contribution in [1.29, 1.82) is 0 Å². The summed E-state index contributed by atoms with van der Waals surface area (Å²) >= 11 is 3.26. The third kappa shape index (κ3) is 2.49. The molecule has 0 amide bonds. The van der Waals surface area contributed by atoms with Crippen molar-refractivity contribution >= 4 is 21.7 Å². The number of pyridine rings is 1. The van der Waals surface area contributed by atoms with E-state index in [2.05, 4.69) is 20.9 Å². The van der Waals surface area contributed by atoms with E-state index in [1.165, 1.54) is 24.3 Å². The van der Waals surface area contributed by atoms with E-state index in [-0.39, 0.29) is 11.6 Å². The monoisotopic (exact) mass is 282 g/mol. The van der Waals surface area contributed by atoms with E-state index in [9.17, 15) is 4.39 Å². The Morgan fingerprint density at radius 3 is 2.62 bits per heavy atom. The molecule has 3 nitrogen and oxygen atoms in total. The third-order valence-electron chi connectivity index (χ3n) is 1.89. The second-order valence-electron chi connectivity index (χ2n) is 3.09. The number of nitrogens with zero attached hydrogens (tertiary/aromatic N) is 1. The van der Waals surface area contributed by atoms with Gasteiger partial charge in [0, 0.05) is 16.7 Å². The Kier molecular flexibility index (Phi) is 3.05. The second kappa shape index (κ2) is 4.49. The lowest BCUT2D eigenvalue weighted by Gasteiger charge is -2.07. The number of hydrogen-bond acceptors (Lipinski definition) is 3. The van der Waals surface area contributed by atoms with Gasteiger partial charge in [-0.15, -0.1) is 0 Å². The van der Waals surface area contributed by atoms with E-state index >= 15 is 0 Å². The van der Waals surface area contributed by atoms with Crippen molar-refractivity contribution in [2.75, 3.05) is 5.73 Å². The van der Waals surface area contributed by atoms with Crippen LogP contribution in [-0.4, -0.2) is 4.98 Å². The van der Waals surface area contributed by atoms with Gasteiger partial charge in [0.1, 0.15) is 11.6 Å². The van der Waals surface area contributed by atoms with Gasteiger partial charge >= 0.3 is 0 Å². The lowest BCUT2D eigenvalue weighted by molar-refractivity contribution is 0.480. The number of benzene rings is 1. The molecule has 82 valence electrons. The molecule has 5 heteroatoms. The molecule has 2 aromatic rings. The van der Waals surface area contributed by atoms with Crippen molar-refractivity contribution in [3.8, 4) is 11.5 Å². The Hall–Kier alpha value is -1.62. The van der Waals surface area contributed by atoms with Gasteiger partial charge in [-0.25, -0.2) is 9.37 Å². The number of hydrogen-bond donors (Lipinski definition) is 1. The molecule has 0 saturated carbocycles. The molecule has 0 spiro atoms. The van der Waals surface area contributed by atoms with Crippen LogP contribution in [0.4, 0.5) is 10.2 Å². The molecule has 2 rings (SSSR count). The van der Waals surface area contributed by atoms with Crippen LogP contribution in [0.5, 0.6) is 11.5 Å². The highest BCUT2D eigenvalue weighted by Crippen LogP contribution is 2.28. The molecule has 0 aliphatic carbocycles. The number of nitrogen functional groups attached to an aromatic ring is 1. The number of anilines is 1. The van der Waals surface area contributed by atoms with Gasteiger partial charge in [0.2, 0.25) is 0 Å². The van der Waals surface area contributed by atoms with Gasteiger partial charge in [-0.05, 0) is 40.2 Å². The molecule has 0 fully saturated rings. The molecule has 0 unspecified atom stereocenters. The van der Waals surface area contributed by atoms with Gasteiger partial charge in [-0.3, -0.25) is 0 Å². The number of ether oxygens (including phenoxy) is 1. The fourth-order valence-electron chi connectivity index (χ4n) is 1.14. The summed E-state index contributed by atoms with van der Waals surface area (Å²) in [6, 6.07) is 7.38. The van der Waals surface area contributed by atoms with Crippen LogP contribution in [0.3, 0.4) is 0 Å². The summed E-state index contributed by atoms with van der Waals surface area (Å²) in [5.41, 5.74) is 5.64. The van der Waals surface area contributed by atoms with Gasteiger partial charge < -0.3 is 10.5 Å². The summed E-state index contributed by atoms with van der Waals surface area (Å²) < 4.78 is 18.9. The van der Waals surface area contributed by atoms with E-state index in [1.54, 1.807) is 12.3 Å². The quantitative estimate of drug-likeness (QED) is 0.919. The summed E-state index contributed by atoms with van der Waals surface area (Å²) in [5, 5.41) is 0. The first-order valence-corrected chi connectivity index (χ1v) is 5.29. The third-order valence-corrected chi connectivity index (χ3v) is 2.32. The number of rotatable bonds is 2. The highest BCUT2D eigenvalue weighted by molar-refractivity contribution is 9.10. The zero-order valence-corrected chi connectivity index (χ0v) is 9.74. The molecule has 0 saturated heterocycles. The molecule has 16 heavy (non-hydrogen) atoms. The smallest absolute Gasteiger partial charge is 0.170 e. The standard InChI is InChI=1S/C11H8BrFN2O/c12-7-5-10(11(14)15-6-7)16-9-3-1-8(13)2-4-9/h1-6H,(H2,14,15). The summed E-state index contributed by atoms with van der Waals surface area (Å²) in [7, 11) is 0. The van der Waals surface area contributed by atoms with Gasteiger partial charge in [0.15, 0.2) is 11.6 Å². The lowest BCUT2D eigenvalue weighted by atomic mass is 10.3. The first kappa shape index (κ1) is 10.9. The normalized spacial score (nSPS) is 10.1. The fraction of sp³-hybridized carbons (Fsp3) is 0. The Morgan fingerprint density at radius 2 is 1.94 bits per heavy atom. The van der Waals surface area contributed by atoms with Crippen LogP contribution < -0.4 is 10.5 Å². The summed E-state index contributed by atoms with van der Waals surface area (Å²) in [4.78, 5) is 3.92. The minimum absolute atomic E-state index is 0.285. The lowest BCUT2D eigenvalue weighted by Crippen LogP contribution is -1.95. The molecule has 0 atom stereocenters. The number of halogens is 2. The maximum atomic E-state index is 12.7. The Balaban J connectivity index is 2.26. The van der Waals surface area contributed by atoms with Crippen molar-refractivity contribution < 1.29 is 9.13 Å². The van der Waals surface area contributed by atoms with Gasteiger partial charge in [0.05, 0.1) is 0 Å². The molecular weight excluding hydrogens is 275 g/mol. The highest BCUT2D eigenvalue weighted by atomic mass is 79.9. The highest BCUT2D eigenvalue weighted by Gasteiger charge is 2.04. The zero-order valence-electron chi connectivity index (χ0n) is 8.15. The molecule has 1 aromatic heterocycles. The van der Waals surface area contributed by atoms with Crippen molar-refractivity contribution in [2.45, 2.75) is 0 Å². The van der Waals surface area contributed by atoms with Crippen LogP contribution in [-0.2, 0) is 0 Å². The van der Waals surface area contributed by atoms with Crippen molar-refractivity contribution in [3.05, 3.63) is 46.8 Å². The molecule has 2 N–H and O–H groups in total. The van der Waals surface area contributed by atoms with Crippen LogP contribution in [0, 0.1) is 5.82 Å². The van der Waals surface area contributed by atoms with E-state index in [0.29, 0.717) is 11.5 Å². The predicted octanol–water partition coefficient (Wildman–Crippen LogP) is 3.36. The second-order valence-corrected chi connectivity index (χ2v) is 4.01. The Bertz CT molecular complexity index is 502. The minimum atomic E-state index is -0.312. The van der Waals surface area contributed by atoms with Gasteiger partial charge in [-0.2, -0.15) is 0 Å². The van der Waals surface area contributed by atoms with Crippen LogP contribution >= 0.6 is 15.9 Å².